The van der Waals surface area contributed by atoms with Gasteiger partial charge in [0, 0.05) is 28.8 Å². The minimum atomic E-state index is -0.602. The van der Waals surface area contributed by atoms with Gasteiger partial charge in [-0.2, -0.15) is 0 Å². The third-order valence-electron chi connectivity index (χ3n) is 4.32. The molecule has 1 atom stereocenters. The number of hydrogen-bond acceptors (Lipinski definition) is 5. The van der Waals surface area contributed by atoms with E-state index in [1.54, 1.807) is 55.6 Å². The Hall–Kier alpha value is -2.87. The monoisotopic (exact) mass is 446 g/mol. The number of carbonyl (C=O) groups excluding carboxylic acids is 3. The van der Waals surface area contributed by atoms with Gasteiger partial charge in [-0.3, -0.25) is 14.4 Å². The molecule has 1 aliphatic heterocycles. The van der Waals surface area contributed by atoms with E-state index in [9.17, 15) is 14.4 Å². The fourth-order valence-electron chi connectivity index (χ4n) is 2.86. The number of nitrogens with one attached hydrogen (secondary N) is 1. The quantitative estimate of drug-likeness (QED) is 0.689. The molecular formula is C20H19BrN2O5. The number of carbonyl (C=O) groups is 3. The summed E-state index contributed by atoms with van der Waals surface area (Å²) in [6.45, 7) is -0.180. The number of rotatable bonds is 6. The topological polar surface area (TPSA) is 84.9 Å². The summed E-state index contributed by atoms with van der Waals surface area (Å²) in [6, 6.07) is 14.1. The van der Waals surface area contributed by atoms with Crippen LogP contribution in [0.15, 0.2) is 53.0 Å². The smallest absolute Gasteiger partial charge is 0.311 e. The summed E-state index contributed by atoms with van der Waals surface area (Å²) in [7, 11) is 1.56. The van der Waals surface area contributed by atoms with Crippen LogP contribution in [0.3, 0.4) is 0 Å². The van der Waals surface area contributed by atoms with Crippen molar-refractivity contribution in [2.45, 2.75) is 6.42 Å². The molecule has 2 aromatic rings. The number of halogens is 1. The maximum Gasteiger partial charge on any atom is 0.311 e. The van der Waals surface area contributed by atoms with E-state index in [0.717, 1.165) is 4.47 Å². The first-order valence-electron chi connectivity index (χ1n) is 8.62. The zero-order chi connectivity index (χ0) is 20.1. The number of methoxy groups -OCH3 is 1. The standard InChI is InChI=1S/C20H19BrN2O5/c1-27-17-8-6-16(7-9-17)23-11-13(10-19(23)25)20(26)28-12-18(24)22-15-4-2-14(21)3-5-15/h2-9,13H,10-12H2,1H3,(H,22,24)/t13-/m0/s1. The Morgan fingerprint density at radius 1 is 1.14 bits per heavy atom. The first-order chi connectivity index (χ1) is 13.5. The van der Waals surface area contributed by atoms with E-state index < -0.39 is 24.4 Å². The van der Waals surface area contributed by atoms with Gasteiger partial charge in [0.2, 0.25) is 5.91 Å². The van der Waals surface area contributed by atoms with Crippen molar-refractivity contribution in [1.29, 1.82) is 0 Å². The van der Waals surface area contributed by atoms with Crippen molar-refractivity contribution in [3.63, 3.8) is 0 Å². The first kappa shape index (κ1) is 19.9. The molecule has 3 rings (SSSR count). The van der Waals surface area contributed by atoms with Crippen LogP contribution >= 0.6 is 15.9 Å². The molecule has 0 aromatic heterocycles. The Balaban J connectivity index is 1.51. The van der Waals surface area contributed by atoms with E-state index in [1.807, 2.05) is 0 Å². The van der Waals surface area contributed by atoms with Crippen molar-refractivity contribution in [2.75, 3.05) is 30.5 Å². The van der Waals surface area contributed by atoms with Crippen molar-refractivity contribution in [2.24, 2.45) is 5.92 Å². The highest BCUT2D eigenvalue weighted by molar-refractivity contribution is 9.10. The van der Waals surface area contributed by atoms with E-state index >= 15 is 0 Å². The summed E-state index contributed by atoms with van der Waals surface area (Å²) >= 11 is 3.31. The summed E-state index contributed by atoms with van der Waals surface area (Å²) in [4.78, 5) is 38.0. The summed E-state index contributed by atoms with van der Waals surface area (Å²) in [5, 5.41) is 2.64. The maximum absolute atomic E-state index is 12.3. The van der Waals surface area contributed by atoms with Crippen LogP contribution in [0.25, 0.3) is 0 Å². The molecule has 1 N–H and O–H groups in total. The molecule has 0 radical (unpaired) electrons. The maximum atomic E-state index is 12.3. The molecule has 2 amide bonds. The number of ether oxygens (including phenoxy) is 2. The van der Waals surface area contributed by atoms with Crippen LogP contribution in [0.4, 0.5) is 11.4 Å². The van der Waals surface area contributed by atoms with E-state index in [-0.39, 0.29) is 18.9 Å². The molecule has 7 nitrogen and oxygen atoms in total. The van der Waals surface area contributed by atoms with E-state index in [2.05, 4.69) is 21.2 Å². The molecule has 0 aliphatic carbocycles. The lowest BCUT2D eigenvalue weighted by Crippen LogP contribution is -2.28. The van der Waals surface area contributed by atoms with Crippen molar-refractivity contribution < 1.29 is 23.9 Å². The van der Waals surface area contributed by atoms with Gasteiger partial charge in [-0.1, -0.05) is 15.9 Å². The highest BCUT2D eigenvalue weighted by Gasteiger charge is 2.36. The second-order valence-electron chi connectivity index (χ2n) is 6.27. The summed E-state index contributed by atoms with van der Waals surface area (Å²) in [5.41, 5.74) is 1.29. The normalized spacial score (nSPS) is 16.0. The fraction of sp³-hybridized carbons (Fsp3) is 0.250. The van der Waals surface area contributed by atoms with Crippen molar-refractivity contribution in [1.82, 2.24) is 0 Å². The largest absolute Gasteiger partial charge is 0.497 e. The number of benzene rings is 2. The van der Waals surface area contributed by atoms with Crippen molar-refractivity contribution in [3.8, 4) is 5.75 Å². The molecule has 0 unspecified atom stereocenters. The van der Waals surface area contributed by atoms with Crippen LogP contribution in [0.2, 0.25) is 0 Å². The Bertz CT molecular complexity index is 867. The molecule has 1 heterocycles. The predicted octanol–water partition coefficient (Wildman–Crippen LogP) is 2.99. The summed E-state index contributed by atoms with van der Waals surface area (Å²) in [6.07, 6.45) is 0.0548. The van der Waals surface area contributed by atoms with Gasteiger partial charge >= 0.3 is 5.97 Å². The average molecular weight is 447 g/mol. The second-order valence-corrected chi connectivity index (χ2v) is 7.18. The van der Waals surface area contributed by atoms with Crippen LogP contribution in [0.1, 0.15) is 6.42 Å². The average Bonchev–Trinajstić information content (AvgIpc) is 3.10. The van der Waals surface area contributed by atoms with Crippen LogP contribution in [-0.2, 0) is 19.1 Å². The fourth-order valence-corrected chi connectivity index (χ4v) is 3.13. The molecule has 0 bridgehead atoms. The zero-order valence-electron chi connectivity index (χ0n) is 15.2. The minimum Gasteiger partial charge on any atom is -0.497 e. The van der Waals surface area contributed by atoms with Crippen molar-refractivity contribution >= 4 is 45.1 Å². The van der Waals surface area contributed by atoms with Gasteiger partial charge in [0.1, 0.15) is 5.75 Å². The highest BCUT2D eigenvalue weighted by Crippen LogP contribution is 2.27. The molecule has 146 valence electrons. The van der Waals surface area contributed by atoms with Crippen LogP contribution in [0, 0.1) is 5.92 Å². The minimum absolute atomic E-state index is 0.0548. The number of nitrogens with zero attached hydrogens (tertiary/aromatic N) is 1. The number of anilines is 2. The van der Waals surface area contributed by atoms with Gasteiger partial charge in [0.05, 0.1) is 13.0 Å². The van der Waals surface area contributed by atoms with Gasteiger partial charge in [-0.25, -0.2) is 0 Å². The molecule has 28 heavy (non-hydrogen) atoms. The molecular weight excluding hydrogens is 428 g/mol. The Labute approximate surface area is 170 Å². The number of hydrogen-bond donors (Lipinski definition) is 1. The zero-order valence-corrected chi connectivity index (χ0v) is 16.8. The molecule has 0 saturated carbocycles. The first-order valence-corrected chi connectivity index (χ1v) is 9.42. The van der Waals surface area contributed by atoms with Gasteiger partial charge in [-0.15, -0.1) is 0 Å². The van der Waals surface area contributed by atoms with E-state index in [0.29, 0.717) is 17.1 Å². The molecule has 0 spiro atoms. The molecule has 2 aromatic carbocycles. The molecule has 1 fully saturated rings. The van der Waals surface area contributed by atoms with Gasteiger partial charge in [0.15, 0.2) is 6.61 Å². The molecule has 1 saturated heterocycles. The van der Waals surface area contributed by atoms with Crippen LogP contribution in [-0.4, -0.2) is 38.0 Å². The lowest BCUT2D eigenvalue weighted by Gasteiger charge is -2.16. The van der Waals surface area contributed by atoms with Gasteiger partial charge < -0.3 is 19.7 Å². The third-order valence-corrected chi connectivity index (χ3v) is 4.84. The lowest BCUT2D eigenvalue weighted by molar-refractivity contribution is -0.151. The SMILES string of the molecule is COc1ccc(N2C[C@@H](C(=O)OCC(=O)Nc3ccc(Br)cc3)CC2=O)cc1. The Morgan fingerprint density at radius 2 is 1.82 bits per heavy atom. The highest BCUT2D eigenvalue weighted by atomic mass is 79.9. The summed E-state index contributed by atoms with van der Waals surface area (Å²) < 4.78 is 11.1. The van der Waals surface area contributed by atoms with E-state index in [1.165, 1.54) is 4.90 Å². The van der Waals surface area contributed by atoms with Crippen LogP contribution in [0.5, 0.6) is 5.75 Å². The van der Waals surface area contributed by atoms with Gasteiger partial charge in [0.25, 0.3) is 5.91 Å². The lowest BCUT2D eigenvalue weighted by atomic mass is 10.1. The second kappa shape index (κ2) is 8.88. The van der Waals surface area contributed by atoms with Gasteiger partial charge in [-0.05, 0) is 48.5 Å². The predicted molar refractivity (Wildman–Crippen MR) is 107 cm³/mol. The Kier molecular flexibility index (Phi) is 6.30. The third kappa shape index (κ3) is 4.89. The number of amides is 2. The van der Waals surface area contributed by atoms with E-state index in [4.69, 9.17) is 9.47 Å². The number of esters is 1. The van der Waals surface area contributed by atoms with Crippen LogP contribution < -0.4 is 15.0 Å². The van der Waals surface area contributed by atoms with Crippen molar-refractivity contribution in [3.05, 3.63) is 53.0 Å². The molecule has 8 heteroatoms. The summed E-state index contributed by atoms with van der Waals surface area (Å²) in [5.74, 6) is -1.08. The Morgan fingerprint density at radius 3 is 2.46 bits per heavy atom. The molecule has 1 aliphatic rings.